The first-order chi connectivity index (χ1) is 12.4. The quantitative estimate of drug-likeness (QED) is 0.715. The highest BCUT2D eigenvalue weighted by Crippen LogP contribution is 2.33. The molecular formula is C19H24BrN3O3. The highest BCUT2D eigenvalue weighted by atomic mass is 79.9. The largest absolute Gasteiger partial charge is 0.348 e. The Hall–Kier alpha value is -1.89. The summed E-state index contributed by atoms with van der Waals surface area (Å²) < 4.78 is 0.972. The van der Waals surface area contributed by atoms with Gasteiger partial charge in [-0.05, 0) is 37.0 Å². The fraction of sp³-hybridized carbons (Fsp3) is 0.526. The Labute approximate surface area is 161 Å². The van der Waals surface area contributed by atoms with E-state index in [-0.39, 0.29) is 24.4 Å². The Morgan fingerprint density at radius 2 is 1.88 bits per heavy atom. The minimum atomic E-state index is -0.786. The molecule has 4 amide bonds. The lowest BCUT2D eigenvalue weighted by molar-refractivity contribution is -0.136. The first-order valence-corrected chi connectivity index (χ1v) is 9.93. The number of imide groups is 1. The Balaban J connectivity index is 1.64. The molecule has 1 unspecified atom stereocenters. The molecule has 2 fully saturated rings. The van der Waals surface area contributed by atoms with Gasteiger partial charge in [-0.15, -0.1) is 0 Å². The standard InChI is InChI=1S/C19H24BrN3O3/c1-2-15(13-6-8-14(20)9-7-13)21-16(24)12-23-17(25)19(22-18(23)26)10-4-3-5-11-19/h6-9,15H,2-5,10-12H2,1H3,(H,21,24)(H,22,26). The molecule has 1 aromatic carbocycles. The highest BCUT2D eigenvalue weighted by Gasteiger charge is 2.51. The number of rotatable bonds is 5. The van der Waals surface area contributed by atoms with E-state index in [1.165, 1.54) is 0 Å². The molecule has 1 spiro atoms. The van der Waals surface area contributed by atoms with Crippen LogP contribution in [0.1, 0.15) is 57.1 Å². The van der Waals surface area contributed by atoms with Gasteiger partial charge >= 0.3 is 6.03 Å². The van der Waals surface area contributed by atoms with Gasteiger partial charge < -0.3 is 10.6 Å². The third-order valence-corrected chi connectivity index (χ3v) is 5.80. The predicted molar refractivity (Wildman–Crippen MR) is 101 cm³/mol. The molecule has 0 aromatic heterocycles. The summed E-state index contributed by atoms with van der Waals surface area (Å²) in [5.74, 6) is -0.579. The maximum atomic E-state index is 12.7. The number of hydrogen-bond donors (Lipinski definition) is 2. The van der Waals surface area contributed by atoms with Crippen LogP contribution < -0.4 is 10.6 Å². The van der Waals surface area contributed by atoms with Crippen molar-refractivity contribution in [2.24, 2.45) is 0 Å². The van der Waals surface area contributed by atoms with E-state index in [9.17, 15) is 14.4 Å². The number of carbonyl (C=O) groups excluding carboxylic acids is 3. The van der Waals surface area contributed by atoms with Gasteiger partial charge in [-0.3, -0.25) is 14.5 Å². The number of nitrogens with one attached hydrogen (secondary N) is 2. The number of amides is 4. The molecule has 1 aliphatic heterocycles. The van der Waals surface area contributed by atoms with Crippen LogP contribution in [0.3, 0.4) is 0 Å². The van der Waals surface area contributed by atoms with E-state index in [0.717, 1.165) is 40.6 Å². The van der Waals surface area contributed by atoms with Crippen molar-refractivity contribution < 1.29 is 14.4 Å². The Morgan fingerprint density at radius 1 is 1.23 bits per heavy atom. The summed E-state index contributed by atoms with van der Waals surface area (Å²) in [4.78, 5) is 38.6. The van der Waals surface area contributed by atoms with Crippen LogP contribution in [-0.2, 0) is 9.59 Å². The van der Waals surface area contributed by atoms with Crippen molar-refractivity contribution in [1.29, 1.82) is 0 Å². The topological polar surface area (TPSA) is 78.5 Å². The molecule has 1 saturated carbocycles. The summed E-state index contributed by atoms with van der Waals surface area (Å²) >= 11 is 3.40. The van der Waals surface area contributed by atoms with Gasteiger partial charge in [-0.2, -0.15) is 0 Å². The molecule has 1 aromatic rings. The van der Waals surface area contributed by atoms with Crippen LogP contribution >= 0.6 is 15.9 Å². The number of carbonyl (C=O) groups is 3. The van der Waals surface area contributed by atoms with Gasteiger partial charge in [0.2, 0.25) is 5.91 Å². The van der Waals surface area contributed by atoms with Crippen molar-refractivity contribution in [3.63, 3.8) is 0 Å². The maximum Gasteiger partial charge on any atom is 0.325 e. The third kappa shape index (κ3) is 3.77. The van der Waals surface area contributed by atoms with E-state index in [1.54, 1.807) is 0 Å². The van der Waals surface area contributed by atoms with Crippen LogP contribution in [0.5, 0.6) is 0 Å². The molecule has 0 radical (unpaired) electrons. The van der Waals surface area contributed by atoms with E-state index in [2.05, 4.69) is 26.6 Å². The summed E-state index contributed by atoms with van der Waals surface area (Å²) in [7, 11) is 0. The van der Waals surface area contributed by atoms with Crippen molar-refractivity contribution in [1.82, 2.24) is 15.5 Å². The second-order valence-corrected chi connectivity index (χ2v) is 7.96. The van der Waals surface area contributed by atoms with Gasteiger partial charge in [-0.25, -0.2) is 4.79 Å². The fourth-order valence-electron chi connectivity index (χ4n) is 3.81. The summed E-state index contributed by atoms with van der Waals surface area (Å²) in [5.41, 5.74) is 0.205. The lowest BCUT2D eigenvalue weighted by Crippen LogP contribution is -2.49. The smallest absolute Gasteiger partial charge is 0.325 e. The van der Waals surface area contributed by atoms with E-state index in [4.69, 9.17) is 0 Å². The van der Waals surface area contributed by atoms with Crippen LogP contribution in [0.4, 0.5) is 4.79 Å². The lowest BCUT2D eigenvalue weighted by Gasteiger charge is -2.30. The SMILES string of the molecule is CCC(NC(=O)CN1C(=O)NC2(CCCCC2)C1=O)c1ccc(Br)cc1. The summed E-state index contributed by atoms with van der Waals surface area (Å²) in [6, 6.07) is 7.14. The monoisotopic (exact) mass is 421 g/mol. The molecule has 1 heterocycles. The van der Waals surface area contributed by atoms with E-state index in [1.807, 2.05) is 31.2 Å². The third-order valence-electron chi connectivity index (χ3n) is 5.27. The van der Waals surface area contributed by atoms with Crippen LogP contribution in [0.25, 0.3) is 0 Å². The molecular weight excluding hydrogens is 398 g/mol. The van der Waals surface area contributed by atoms with Gasteiger partial charge in [0.25, 0.3) is 5.91 Å². The predicted octanol–water partition coefficient (Wildman–Crippen LogP) is 3.27. The normalized spacial score (nSPS) is 20.2. The molecule has 1 saturated heterocycles. The number of urea groups is 1. The minimum Gasteiger partial charge on any atom is -0.348 e. The van der Waals surface area contributed by atoms with Gasteiger partial charge in [0.15, 0.2) is 0 Å². The van der Waals surface area contributed by atoms with Crippen molar-refractivity contribution in [3.8, 4) is 0 Å². The Kier molecular flexibility index (Phi) is 5.65. The Morgan fingerprint density at radius 3 is 2.50 bits per heavy atom. The van der Waals surface area contributed by atoms with E-state index >= 15 is 0 Å². The van der Waals surface area contributed by atoms with Gasteiger partial charge in [0, 0.05) is 4.47 Å². The van der Waals surface area contributed by atoms with Crippen LogP contribution in [0, 0.1) is 0 Å². The highest BCUT2D eigenvalue weighted by molar-refractivity contribution is 9.10. The number of hydrogen-bond acceptors (Lipinski definition) is 3. The zero-order chi connectivity index (χ0) is 18.7. The first-order valence-electron chi connectivity index (χ1n) is 9.14. The molecule has 1 atom stereocenters. The van der Waals surface area contributed by atoms with Crippen LogP contribution in [0.15, 0.2) is 28.7 Å². The average molecular weight is 422 g/mol. The van der Waals surface area contributed by atoms with Crippen molar-refractivity contribution in [2.75, 3.05) is 6.54 Å². The number of benzene rings is 1. The zero-order valence-electron chi connectivity index (χ0n) is 14.9. The number of nitrogens with zero attached hydrogens (tertiary/aromatic N) is 1. The zero-order valence-corrected chi connectivity index (χ0v) is 16.5. The van der Waals surface area contributed by atoms with Crippen molar-refractivity contribution in [3.05, 3.63) is 34.3 Å². The Bertz CT molecular complexity index is 698. The molecule has 2 aliphatic rings. The lowest BCUT2D eigenvalue weighted by atomic mass is 9.82. The van der Waals surface area contributed by atoms with Crippen LogP contribution in [0.2, 0.25) is 0 Å². The molecule has 6 nitrogen and oxygen atoms in total. The van der Waals surface area contributed by atoms with Gasteiger partial charge in [0.1, 0.15) is 12.1 Å². The molecule has 0 bridgehead atoms. The summed E-state index contributed by atoms with van der Waals surface area (Å²) in [6.07, 6.45) is 4.97. The number of halogens is 1. The van der Waals surface area contributed by atoms with Gasteiger partial charge in [-0.1, -0.05) is 54.2 Å². The van der Waals surface area contributed by atoms with Crippen molar-refractivity contribution >= 4 is 33.8 Å². The molecule has 140 valence electrons. The van der Waals surface area contributed by atoms with E-state index < -0.39 is 11.6 Å². The second kappa shape index (κ2) is 7.78. The molecule has 3 rings (SSSR count). The maximum absolute atomic E-state index is 12.7. The second-order valence-electron chi connectivity index (χ2n) is 7.04. The summed E-state index contributed by atoms with van der Waals surface area (Å²) in [6.45, 7) is 1.75. The average Bonchev–Trinajstić information content (AvgIpc) is 2.85. The fourth-order valence-corrected chi connectivity index (χ4v) is 4.08. The summed E-state index contributed by atoms with van der Waals surface area (Å²) in [5, 5.41) is 5.77. The molecule has 26 heavy (non-hydrogen) atoms. The molecule has 2 N–H and O–H groups in total. The van der Waals surface area contributed by atoms with E-state index in [0.29, 0.717) is 12.8 Å². The van der Waals surface area contributed by atoms with Crippen molar-refractivity contribution in [2.45, 2.75) is 57.0 Å². The van der Waals surface area contributed by atoms with Crippen LogP contribution in [-0.4, -0.2) is 34.8 Å². The van der Waals surface area contributed by atoms with Gasteiger partial charge in [0.05, 0.1) is 6.04 Å². The molecule has 1 aliphatic carbocycles. The molecule has 7 heteroatoms. The minimum absolute atomic E-state index is 0.153. The first kappa shape index (κ1) is 18.9.